The Morgan fingerprint density at radius 2 is 1.69 bits per heavy atom. The number of hydrogen-bond acceptors (Lipinski definition) is 4. The van der Waals surface area contributed by atoms with E-state index < -0.39 is 27.2 Å². The molecule has 0 aromatic heterocycles. The van der Waals surface area contributed by atoms with Crippen molar-refractivity contribution in [2.24, 2.45) is 5.92 Å². The largest absolute Gasteiger partial charge is 0.372 e. The Morgan fingerprint density at radius 3 is 2.31 bits per heavy atom. The third-order valence-electron chi connectivity index (χ3n) is 4.89. The molecule has 3 unspecified atom stereocenters. The van der Waals surface area contributed by atoms with Gasteiger partial charge in [-0.05, 0) is 31.0 Å². The summed E-state index contributed by atoms with van der Waals surface area (Å²) in [4.78, 5) is 14.0. The zero-order valence-corrected chi connectivity index (χ0v) is 15.7. The predicted molar refractivity (Wildman–Crippen MR) is 98.9 cm³/mol. The number of benzene rings is 2. The van der Waals surface area contributed by atoms with Crippen molar-refractivity contribution < 1.29 is 18.3 Å². The highest BCUT2D eigenvalue weighted by Crippen LogP contribution is 2.32. The first-order chi connectivity index (χ1) is 12.3. The molecule has 1 saturated heterocycles. The van der Waals surface area contributed by atoms with Crippen molar-refractivity contribution in [2.75, 3.05) is 0 Å². The second kappa shape index (κ2) is 7.21. The third kappa shape index (κ3) is 3.52. The van der Waals surface area contributed by atoms with E-state index in [1.54, 1.807) is 31.2 Å². The molecule has 3 atom stereocenters. The van der Waals surface area contributed by atoms with Crippen LogP contribution in [0.15, 0.2) is 59.5 Å². The molecule has 5 nitrogen and oxygen atoms in total. The number of sulfone groups is 1. The average molecular weight is 373 g/mol. The van der Waals surface area contributed by atoms with Crippen LogP contribution < -0.4 is 0 Å². The molecule has 3 rings (SSSR count). The van der Waals surface area contributed by atoms with Gasteiger partial charge in [0.2, 0.25) is 5.91 Å². The fourth-order valence-electron chi connectivity index (χ4n) is 3.33. The van der Waals surface area contributed by atoms with Crippen LogP contribution in [-0.4, -0.2) is 35.8 Å². The molecule has 0 spiro atoms. The van der Waals surface area contributed by atoms with Gasteiger partial charge in [0.15, 0.2) is 9.84 Å². The lowest BCUT2D eigenvalue weighted by molar-refractivity contribution is -0.152. The Morgan fingerprint density at radius 1 is 1.08 bits per heavy atom. The number of aliphatic hydroxyl groups excluding tert-OH is 1. The SMILES string of the molecule is Cc1ccc(S(=O)(=O)C2CC(C)C(=O)N(Cc3ccccc3)C2O)cc1. The van der Waals surface area contributed by atoms with Gasteiger partial charge in [-0.3, -0.25) is 4.79 Å². The van der Waals surface area contributed by atoms with E-state index in [1.807, 2.05) is 37.3 Å². The van der Waals surface area contributed by atoms with Gasteiger partial charge in [-0.1, -0.05) is 55.0 Å². The standard InChI is InChI=1S/C20H23NO4S/c1-14-8-10-17(11-9-14)26(24,25)18-12-15(2)19(22)21(20(18)23)13-16-6-4-3-5-7-16/h3-11,15,18,20,23H,12-13H2,1-2H3. The monoisotopic (exact) mass is 373 g/mol. The number of carbonyl (C=O) groups excluding carboxylic acids is 1. The lowest BCUT2D eigenvalue weighted by Gasteiger charge is -2.40. The summed E-state index contributed by atoms with van der Waals surface area (Å²) in [7, 11) is -3.75. The number of aryl methyl sites for hydroxylation is 1. The first-order valence-electron chi connectivity index (χ1n) is 8.63. The maximum atomic E-state index is 13.1. The fraction of sp³-hybridized carbons (Fsp3) is 0.350. The van der Waals surface area contributed by atoms with E-state index in [0.717, 1.165) is 11.1 Å². The van der Waals surface area contributed by atoms with Crippen molar-refractivity contribution in [3.05, 3.63) is 65.7 Å². The quantitative estimate of drug-likeness (QED) is 0.894. The van der Waals surface area contributed by atoms with E-state index in [4.69, 9.17) is 0 Å². The van der Waals surface area contributed by atoms with Crippen LogP contribution >= 0.6 is 0 Å². The van der Waals surface area contributed by atoms with Gasteiger partial charge < -0.3 is 10.0 Å². The predicted octanol–water partition coefficient (Wildman–Crippen LogP) is 2.52. The molecule has 1 amide bonds. The second-order valence-electron chi connectivity index (χ2n) is 6.90. The molecule has 26 heavy (non-hydrogen) atoms. The maximum Gasteiger partial charge on any atom is 0.227 e. The molecule has 1 heterocycles. The Bertz CT molecular complexity index is 878. The van der Waals surface area contributed by atoms with Crippen LogP contribution in [0, 0.1) is 12.8 Å². The van der Waals surface area contributed by atoms with E-state index >= 15 is 0 Å². The number of amides is 1. The van der Waals surface area contributed by atoms with Crippen LogP contribution in [0.1, 0.15) is 24.5 Å². The fourth-order valence-corrected chi connectivity index (χ4v) is 5.20. The van der Waals surface area contributed by atoms with Gasteiger partial charge >= 0.3 is 0 Å². The average Bonchev–Trinajstić information content (AvgIpc) is 2.63. The molecule has 1 N–H and O–H groups in total. The number of hydrogen-bond donors (Lipinski definition) is 1. The number of piperidine rings is 1. The molecule has 0 saturated carbocycles. The highest BCUT2D eigenvalue weighted by molar-refractivity contribution is 7.92. The molecule has 0 radical (unpaired) electrons. The van der Waals surface area contributed by atoms with Crippen LogP contribution in [0.4, 0.5) is 0 Å². The number of carbonyl (C=O) groups is 1. The van der Waals surface area contributed by atoms with E-state index in [0.29, 0.717) is 0 Å². The summed E-state index contributed by atoms with van der Waals surface area (Å²) in [6.45, 7) is 3.78. The molecular formula is C20H23NO4S. The van der Waals surface area contributed by atoms with E-state index in [1.165, 1.54) is 4.90 Å². The second-order valence-corrected chi connectivity index (χ2v) is 9.07. The van der Waals surface area contributed by atoms with Crippen molar-refractivity contribution in [3.8, 4) is 0 Å². The molecular weight excluding hydrogens is 350 g/mol. The van der Waals surface area contributed by atoms with Gasteiger partial charge in [0.1, 0.15) is 11.5 Å². The summed E-state index contributed by atoms with van der Waals surface area (Å²) >= 11 is 0. The third-order valence-corrected chi connectivity index (χ3v) is 7.05. The van der Waals surface area contributed by atoms with Gasteiger partial charge in [0, 0.05) is 12.5 Å². The van der Waals surface area contributed by atoms with E-state index in [-0.39, 0.29) is 23.8 Å². The molecule has 1 aliphatic rings. The van der Waals surface area contributed by atoms with Crippen molar-refractivity contribution in [1.82, 2.24) is 4.90 Å². The summed E-state index contributed by atoms with van der Waals surface area (Å²) in [5, 5.41) is 9.72. The molecule has 6 heteroatoms. The number of rotatable bonds is 4. The van der Waals surface area contributed by atoms with Crippen LogP contribution in [0.5, 0.6) is 0 Å². The minimum Gasteiger partial charge on any atom is -0.372 e. The molecule has 0 aliphatic carbocycles. The minimum absolute atomic E-state index is 0.113. The van der Waals surface area contributed by atoms with Crippen molar-refractivity contribution >= 4 is 15.7 Å². The number of nitrogens with zero attached hydrogens (tertiary/aromatic N) is 1. The smallest absolute Gasteiger partial charge is 0.227 e. The van der Waals surface area contributed by atoms with Gasteiger partial charge in [-0.25, -0.2) is 8.42 Å². The van der Waals surface area contributed by atoms with Gasteiger partial charge in [0.25, 0.3) is 0 Å². The normalized spacial score (nSPS) is 23.9. The summed E-state index contributed by atoms with van der Waals surface area (Å²) in [5.41, 5.74) is 1.81. The first-order valence-corrected chi connectivity index (χ1v) is 10.2. The van der Waals surface area contributed by atoms with Crippen molar-refractivity contribution in [2.45, 2.75) is 43.2 Å². The molecule has 0 bridgehead atoms. The van der Waals surface area contributed by atoms with Gasteiger partial charge in [-0.15, -0.1) is 0 Å². The molecule has 138 valence electrons. The summed E-state index contributed by atoms with van der Waals surface area (Å²) in [5.74, 6) is -0.691. The highest BCUT2D eigenvalue weighted by atomic mass is 32.2. The lowest BCUT2D eigenvalue weighted by Crippen LogP contribution is -2.56. The van der Waals surface area contributed by atoms with Crippen LogP contribution in [0.3, 0.4) is 0 Å². The van der Waals surface area contributed by atoms with Crippen LogP contribution in [-0.2, 0) is 21.2 Å². The van der Waals surface area contributed by atoms with Crippen LogP contribution in [0.2, 0.25) is 0 Å². The van der Waals surface area contributed by atoms with Gasteiger partial charge in [0.05, 0.1) is 4.90 Å². The van der Waals surface area contributed by atoms with E-state index in [2.05, 4.69) is 0 Å². The summed E-state index contributed by atoms with van der Waals surface area (Å²) < 4.78 is 26.1. The van der Waals surface area contributed by atoms with E-state index in [9.17, 15) is 18.3 Å². The van der Waals surface area contributed by atoms with Gasteiger partial charge in [-0.2, -0.15) is 0 Å². The number of aliphatic hydroxyl groups is 1. The lowest BCUT2D eigenvalue weighted by atomic mass is 9.97. The zero-order chi connectivity index (χ0) is 18.9. The number of likely N-dealkylation sites (tertiary alicyclic amines) is 1. The minimum atomic E-state index is -3.75. The Hall–Kier alpha value is -2.18. The van der Waals surface area contributed by atoms with Crippen LogP contribution in [0.25, 0.3) is 0 Å². The zero-order valence-electron chi connectivity index (χ0n) is 14.9. The molecule has 1 aliphatic heterocycles. The Labute approximate surface area is 154 Å². The highest BCUT2D eigenvalue weighted by Gasteiger charge is 2.45. The summed E-state index contributed by atoms with van der Waals surface area (Å²) in [6, 6.07) is 15.8. The maximum absolute atomic E-state index is 13.1. The Kier molecular flexibility index (Phi) is 5.16. The topological polar surface area (TPSA) is 74.7 Å². The molecule has 2 aromatic rings. The summed E-state index contributed by atoms with van der Waals surface area (Å²) in [6.07, 6.45) is -1.26. The van der Waals surface area contributed by atoms with Crippen molar-refractivity contribution in [3.63, 3.8) is 0 Å². The molecule has 1 fully saturated rings. The van der Waals surface area contributed by atoms with Crippen molar-refractivity contribution in [1.29, 1.82) is 0 Å². The molecule has 2 aromatic carbocycles. The Balaban J connectivity index is 1.92. The first kappa shape index (κ1) is 18.6.